The highest BCUT2D eigenvalue weighted by atomic mass is 16.5. The molecule has 0 bridgehead atoms. The Morgan fingerprint density at radius 3 is 2.70 bits per heavy atom. The monoisotopic (exact) mass is 455 g/mol. The molecular formula is C24H37N7O2. The minimum atomic E-state index is 0.384. The fourth-order valence-corrected chi connectivity index (χ4v) is 4.67. The molecule has 9 nitrogen and oxygen atoms in total. The summed E-state index contributed by atoms with van der Waals surface area (Å²) in [4.78, 5) is 9.21. The normalized spacial score (nSPS) is 22.6. The van der Waals surface area contributed by atoms with E-state index >= 15 is 0 Å². The first-order chi connectivity index (χ1) is 16.2. The third-order valence-corrected chi connectivity index (χ3v) is 6.52. The molecule has 2 aliphatic rings. The summed E-state index contributed by atoms with van der Waals surface area (Å²) in [5.74, 6) is 2.07. The molecule has 1 aliphatic heterocycles. The zero-order valence-corrected chi connectivity index (χ0v) is 19.8. The maximum Gasteiger partial charge on any atom is 0.223 e. The van der Waals surface area contributed by atoms with Crippen LogP contribution in [0.2, 0.25) is 0 Å². The van der Waals surface area contributed by atoms with E-state index < -0.39 is 0 Å². The molecule has 1 atom stereocenters. The third kappa shape index (κ3) is 7.31. The maximum atomic E-state index is 5.44. The first-order valence-electron chi connectivity index (χ1n) is 12.2. The Bertz CT molecular complexity index is 854. The molecule has 3 N–H and O–H groups in total. The quantitative estimate of drug-likeness (QED) is 0.498. The Morgan fingerprint density at radius 1 is 1.12 bits per heavy atom. The van der Waals surface area contributed by atoms with Crippen LogP contribution in [0.4, 0.5) is 11.8 Å². The van der Waals surface area contributed by atoms with Gasteiger partial charge in [-0.25, -0.2) is 9.97 Å². The molecule has 2 aromatic rings. The SMILES string of the molecule is COCC(C)NC1CCC(Nc2nccc(-c3cnnc(NCC4CCOCC4)c3)n2)CC1. The predicted molar refractivity (Wildman–Crippen MR) is 129 cm³/mol. The highest BCUT2D eigenvalue weighted by Crippen LogP contribution is 2.24. The number of anilines is 2. The number of rotatable bonds is 10. The van der Waals surface area contributed by atoms with Crippen molar-refractivity contribution in [3.05, 3.63) is 24.5 Å². The largest absolute Gasteiger partial charge is 0.383 e. The van der Waals surface area contributed by atoms with Crippen molar-refractivity contribution < 1.29 is 9.47 Å². The van der Waals surface area contributed by atoms with Crippen LogP contribution in [-0.4, -0.2) is 71.8 Å². The van der Waals surface area contributed by atoms with Crippen molar-refractivity contribution in [1.82, 2.24) is 25.5 Å². The van der Waals surface area contributed by atoms with Gasteiger partial charge in [-0.3, -0.25) is 0 Å². The standard InChI is InChI=1S/C24H37N7O2/c1-17(16-32-2)28-20-3-5-21(6-4-20)29-24-25-10-7-22(30-24)19-13-23(31-27-15-19)26-14-18-8-11-33-12-9-18/h7,10,13,15,17-18,20-21,28H,3-6,8-9,11-12,14,16H2,1-2H3,(H,26,31)(H,25,29,30). The Kier molecular flexibility index (Phi) is 8.79. The molecule has 2 aromatic heterocycles. The molecule has 33 heavy (non-hydrogen) atoms. The van der Waals surface area contributed by atoms with Gasteiger partial charge < -0.3 is 25.4 Å². The number of nitrogens with zero attached hydrogens (tertiary/aromatic N) is 4. The van der Waals surface area contributed by atoms with Crippen molar-refractivity contribution in [3.8, 4) is 11.3 Å². The molecule has 0 radical (unpaired) electrons. The fraction of sp³-hybridized carbons (Fsp3) is 0.667. The molecule has 1 saturated heterocycles. The number of methoxy groups -OCH3 is 1. The summed E-state index contributed by atoms with van der Waals surface area (Å²) in [5, 5.41) is 19.0. The van der Waals surface area contributed by atoms with Crippen molar-refractivity contribution in [2.24, 2.45) is 5.92 Å². The zero-order chi connectivity index (χ0) is 22.9. The van der Waals surface area contributed by atoms with Crippen LogP contribution in [0.5, 0.6) is 0 Å². The highest BCUT2D eigenvalue weighted by Gasteiger charge is 2.22. The fourth-order valence-electron chi connectivity index (χ4n) is 4.67. The maximum absolute atomic E-state index is 5.44. The van der Waals surface area contributed by atoms with E-state index in [0.29, 0.717) is 30.0 Å². The number of ether oxygens (including phenoxy) is 2. The molecule has 1 aliphatic carbocycles. The molecule has 4 rings (SSSR count). The summed E-state index contributed by atoms with van der Waals surface area (Å²) in [6, 6.07) is 5.26. The molecule has 0 aromatic carbocycles. The van der Waals surface area contributed by atoms with E-state index in [-0.39, 0.29) is 0 Å². The van der Waals surface area contributed by atoms with Gasteiger partial charge >= 0.3 is 0 Å². The Hall–Kier alpha value is -2.36. The second-order valence-corrected chi connectivity index (χ2v) is 9.25. The molecule has 0 spiro atoms. The van der Waals surface area contributed by atoms with Gasteiger partial charge in [-0.2, -0.15) is 5.10 Å². The molecule has 3 heterocycles. The van der Waals surface area contributed by atoms with Crippen molar-refractivity contribution >= 4 is 11.8 Å². The lowest BCUT2D eigenvalue weighted by Gasteiger charge is -2.31. The van der Waals surface area contributed by atoms with E-state index in [4.69, 9.17) is 14.5 Å². The van der Waals surface area contributed by atoms with E-state index in [1.165, 1.54) is 0 Å². The number of hydrogen-bond acceptors (Lipinski definition) is 9. The van der Waals surface area contributed by atoms with E-state index in [9.17, 15) is 0 Å². The summed E-state index contributed by atoms with van der Waals surface area (Å²) in [6.07, 6.45) is 10.2. The molecular weight excluding hydrogens is 418 g/mol. The zero-order valence-electron chi connectivity index (χ0n) is 19.8. The van der Waals surface area contributed by atoms with Crippen molar-refractivity contribution in [2.45, 2.75) is 63.6 Å². The molecule has 1 saturated carbocycles. The lowest BCUT2D eigenvalue weighted by Crippen LogP contribution is -2.43. The van der Waals surface area contributed by atoms with Crippen LogP contribution in [0.3, 0.4) is 0 Å². The molecule has 1 unspecified atom stereocenters. The van der Waals surface area contributed by atoms with E-state index in [1.54, 1.807) is 19.5 Å². The minimum absolute atomic E-state index is 0.384. The van der Waals surface area contributed by atoms with E-state index in [1.807, 2.05) is 12.1 Å². The molecule has 2 fully saturated rings. The Balaban J connectivity index is 1.30. The van der Waals surface area contributed by atoms with Crippen LogP contribution in [0.25, 0.3) is 11.3 Å². The van der Waals surface area contributed by atoms with E-state index in [0.717, 1.165) is 82.0 Å². The lowest BCUT2D eigenvalue weighted by molar-refractivity contribution is 0.0699. The number of hydrogen-bond donors (Lipinski definition) is 3. The van der Waals surface area contributed by atoms with Crippen molar-refractivity contribution in [3.63, 3.8) is 0 Å². The smallest absolute Gasteiger partial charge is 0.223 e. The second kappa shape index (κ2) is 12.2. The van der Waals surface area contributed by atoms with Gasteiger partial charge in [0.05, 0.1) is 18.5 Å². The topological polar surface area (TPSA) is 106 Å². The van der Waals surface area contributed by atoms with Crippen LogP contribution in [0.1, 0.15) is 45.4 Å². The Morgan fingerprint density at radius 2 is 1.91 bits per heavy atom. The predicted octanol–water partition coefficient (Wildman–Crippen LogP) is 3.12. The third-order valence-electron chi connectivity index (χ3n) is 6.52. The van der Waals surface area contributed by atoms with Gasteiger partial charge in [0.2, 0.25) is 5.95 Å². The van der Waals surface area contributed by atoms with Gasteiger partial charge in [-0.1, -0.05) is 0 Å². The first-order valence-corrected chi connectivity index (χ1v) is 12.2. The van der Waals surface area contributed by atoms with Crippen molar-refractivity contribution in [2.75, 3.05) is 44.1 Å². The molecule has 0 amide bonds. The summed E-state index contributed by atoms with van der Waals surface area (Å²) < 4.78 is 10.7. The second-order valence-electron chi connectivity index (χ2n) is 9.25. The average Bonchev–Trinajstić information content (AvgIpc) is 2.85. The summed E-state index contributed by atoms with van der Waals surface area (Å²) in [5.41, 5.74) is 1.78. The summed E-state index contributed by atoms with van der Waals surface area (Å²) >= 11 is 0. The lowest BCUT2D eigenvalue weighted by atomic mass is 9.91. The van der Waals surface area contributed by atoms with Gasteiger partial charge in [0.15, 0.2) is 0 Å². The van der Waals surface area contributed by atoms with Crippen LogP contribution in [-0.2, 0) is 9.47 Å². The number of aromatic nitrogens is 4. The average molecular weight is 456 g/mol. The van der Waals surface area contributed by atoms with Gasteiger partial charge in [0.25, 0.3) is 0 Å². The summed E-state index contributed by atoms with van der Waals surface area (Å²) in [6.45, 7) is 5.50. The minimum Gasteiger partial charge on any atom is -0.383 e. The van der Waals surface area contributed by atoms with Crippen LogP contribution < -0.4 is 16.0 Å². The van der Waals surface area contributed by atoms with Crippen LogP contribution in [0, 0.1) is 5.92 Å². The van der Waals surface area contributed by atoms with E-state index in [2.05, 4.69) is 38.1 Å². The first kappa shape index (κ1) is 23.8. The van der Waals surface area contributed by atoms with Gasteiger partial charge in [0.1, 0.15) is 5.82 Å². The van der Waals surface area contributed by atoms with Crippen LogP contribution in [0.15, 0.2) is 24.5 Å². The van der Waals surface area contributed by atoms with Crippen LogP contribution >= 0.6 is 0 Å². The Labute approximate surface area is 196 Å². The van der Waals surface area contributed by atoms with Gasteiger partial charge in [-0.15, -0.1) is 5.10 Å². The van der Waals surface area contributed by atoms with Gasteiger partial charge in [-0.05, 0) is 63.5 Å². The molecule has 180 valence electrons. The summed E-state index contributed by atoms with van der Waals surface area (Å²) in [7, 11) is 1.75. The van der Waals surface area contributed by atoms with Crippen molar-refractivity contribution in [1.29, 1.82) is 0 Å². The van der Waals surface area contributed by atoms with Gasteiger partial charge in [0, 0.05) is 56.8 Å². The molecule has 9 heteroatoms. The highest BCUT2D eigenvalue weighted by molar-refractivity contribution is 5.62. The number of nitrogens with one attached hydrogen (secondary N) is 3.